The van der Waals surface area contributed by atoms with E-state index >= 15 is 0 Å². The van der Waals surface area contributed by atoms with Gasteiger partial charge in [0.2, 0.25) is 0 Å². The summed E-state index contributed by atoms with van der Waals surface area (Å²) >= 11 is 0. The van der Waals surface area contributed by atoms with Crippen LogP contribution in [0.4, 0.5) is 0 Å². The molecule has 0 rings (SSSR count). The number of hydrogen-bond donors (Lipinski definition) is 1. The largest absolute Gasteiger partial charge is 0.469 e. The van der Waals surface area contributed by atoms with Gasteiger partial charge in [-0.05, 0) is 36.0 Å². The van der Waals surface area contributed by atoms with Gasteiger partial charge < -0.3 is 9.84 Å². The molecule has 0 saturated heterocycles. The number of rotatable bonds is 6. The Bertz CT molecular complexity index is 296. The summed E-state index contributed by atoms with van der Waals surface area (Å²) < 4.78 is 4.88. The third kappa shape index (κ3) is 6.74. The van der Waals surface area contributed by atoms with Gasteiger partial charge in [-0.15, -0.1) is 0 Å². The van der Waals surface area contributed by atoms with Crippen LogP contribution >= 0.6 is 0 Å². The minimum absolute atomic E-state index is 0.0356. The van der Waals surface area contributed by atoms with Crippen LogP contribution < -0.4 is 0 Å². The number of aliphatic hydroxyl groups is 1. The highest BCUT2D eigenvalue weighted by atomic mass is 16.5. The molecule has 0 aromatic rings. The normalized spacial score (nSPS) is 17.4. The summed E-state index contributed by atoms with van der Waals surface area (Å²) in [4.78, 5) is 11.8. The third-order valence-corrected chi connectivity index (χ3v) is 3.96. The summed E-state index contributed by atoms with van der Waals surface area (Å²) in [5.74, 6) is -0.200. The maximum atomic E-state index is 11.8. The van der Waals surface area contributed by atoms with Gasteiger partial charge in [0.05, 0.1) is 19.1 Å². The molecular weight excluding hydrogens is 252 g/mol. The van der Waals surface area contributed by atoms with Crippen LogP contribution in [-0.4, -0.2) is 24.3 Å². The number of hydrogen-bond acceptors (Lipinski definition) is 3. The molecule has 1 N–H and O–H groups in total. The fourth-order valence-electron chi connectivity index (χ4n) is 2.76. The van der Waals surface area contributed by atoms with Gasteiger partial charge in [-0.3, -0.25) is 4.79 Å². The molecule has 0 amide bonds. The third-order valence-electron chi connectivity index (χ3n) is 3.96. The van der Waals surface area contributed by atoms with E-state index in [4.69, 9.17) is 4.74 Å². The van der Waals surface area contributed by atoms with Crippen LogP contribution in [0.15, 0.2) is 0 Å². The molecule has 3 heteroatoms. The molecule has 0 aliphatic heterocycles. The van der Waals surface area contributed by atoms with E-state index in [1.54, 1.807) is 0 Å². The van der Waals surface area contributed by atoms with Crippen LogP contribution in [0.25, 0.3) is 0 Å². The lowest BCUT2D eigenvalue weighted by Crippen LogP contribution is -2.37. The minimum Gasteiger partial charge on any atom is -0.469 e. The van der Waals surface area contributed by atoms with Gasteiger partial charge in [0.15, 0.2) is 0 Å². The number of aliphatic hydroxyl groups excluding tert-OH is 1. The molecule has 0 aliphatic carbocycles. The van der Waals surface area contributed by atoms with E-state index in [1.165, 1.54) is 7.11 Å². The lowest BCUT2D eigenvalue weighted by atomic mass is 9.69. The Balaban J connectivity index is 5.03. The molecule has 0 aliphatic rings. The summed E-state index contributed by atoms with van der Waals surface area (Å²) in [5.41, 5.74) is 0.0437. The second-order valence-electron chi connectivity index (χ2n) is 8.17. The fourth-order valence-corrected chi connectivity index (χ4v) is 2.76. The number of carbonyl (C=O) groups excluding carboxylic acids is 1. The van der Waals surface area contributed by atoms with Crippen molar-refractivity contribution in [1.82, 2.24) is 0 Å². The van der Waals surface area contributed by atoms with Crippen molar-refractivity contribution in [3.05, 3.63) is 0 Å². The Labute approximate surface area is 125 Å². The first-order valence-electron chi connectivity index (χ1n) is 7.68. The van der Waals surface area contributed by atoms with Crippen molar-refractivity contribution in [1.29, 1.82) is 0 Å². The van der Waals surface area contributed by atoms with Crippen molar-refractivity contribution in [2.45, 2.75) is 73.8 Å². The molecule has 0 aromatic heterocycles. The van der Waals surface area contributed by atoms with Crippen molar-refractivity contribution in [2.75, 3.05) is 7.11 Å². The Hall–Kier alpha value is -0.570. The van der Waals surface area contributed by atoms with Crippen LogP contribution in [0.5, 0.6) is 0 Å². The van der Waals surface area contributed by atoms with Gasteiger partial charge in [0, 0.05) is 0 Å². The summed E-state index contributed by atoms with van der Waals surface area (Å²) in [6.07, 6.45) is 1.78. The molecule has 0 radical (unpaired) electrons. The Morgan fingerprint density at radius 3 is 1.95 bits per heavy atom. The molecule has 0 bridgehead atoms. The van der Waals surface area contributed by atoms with Crippen LogP contribution in [0.2, 0.25) is 0 Å². The van der Waals surface area contributed by atoms with Crippen molar-refractivity contribution in [2.24, 2.45) is 22.7 Å². The quantitative estimate of drug-likeness (QED) is 0.750. The average molecular weight is 286 g/mol. The lowest BCUT2D eigenvalue weighted by molar-refractivity contribution is -0.147. The van der Waals surface area contributed by atoms with Gasteiger partial charge in [0.1, 0.15) is 0 Å². The maximum absolute atomic E-state index is 11.8. The first-order valence-corrected chi connectivity index (χ1v) is 7.68. The van der Waals surface area contributed by atoms with Gasteiger partial charge in [-0.2, -0.15) is 0 Å². The van der Waals surface area contributed by atoms with E-state index in [0.29, 0.717) is 6.42 Å². The molecule has 0 heterocycles. The van der Waals surface area contributed by atoms with E-state index in [0.717, 1.165) is 12.8 Å². The monoisotopic (exact) mass is 286 g/mol. The van der Waals surface area contributed by atoms with Crippen LogP contribution in [0.3, 0.4) is 0 Å². The summed E-state index contributed by atoms with van der Waals surface area (Å²) in [5, 5.41) is 10.6. The summed E-state index contributed by atoms with van der Waals surface area (Å²) in [7, 11) is 1.43. The van der Waals surface area contributed by atoms with E-state index in [1.807, 2.05) is 6.92 Å². The Morgan fingerprint density at radius 2 is 1.65 bits per heavy atom. The smallest absolute Gasteiger partial charge is 0.308 e. The molecule has 20 heavy (non-hydrogen) atoms. The zero-order chi connectivity index (χ0) is 16.1. The predicted molar refractivity (Wildman–Crippen MR) is 83.4 cm³/mol. The van der Waals surface area contributed by atoms with E-state index in [-0.39, 0.29) is 28.6 Å². The highest BCUT2D eigenvalue weighted by molar-refractivity contribution is 5.72. The first kappa shape index (κ1) is 19.4. The lowest BCUT2D eigenvalue weighted by Gasteiger charge is -2.38. The Kier molecular flexibility index (Phi) is 7.23. The molecular formula is C17H34O3. The first-order chi connectivity index (χ1) is 8.92. The second-order valence-corrected chi connectivity index (χ2v) is 8.17. The number of ether oxygens (including phenoxy) is 1. The highest BCUT2D eigenvalue weighted by Gasteiger charge is 2.36. The van der Waals surface area contributed by atoms with Crippen LogP contribution in [0.1, 0.15) is 67.7 Å². The Morgan fingerprint density at radius 1 is 1.15 bits per heavy atom. The molecule has 0 spiro atoms. The molecule has 0 fully saturated rings. The molecule has 0 aromatic carbocycles. The van der Waals surface area contributed by atoms with Gasteiger partial charge in [0.25, 0.3) is 0 Å². The summed E-state index contributed by atoms with van der Waals surface area (Å²) in [6, 6.07) is 0. The minimum atomic E-state index is -0.395. The second kappa shape index (κ2) is 7.44. The van der Waals surface area contributed by atoms with E-state index in [2.05, 4.69) is 41.5 Å². The van der Waals surface area contributed by atoms with Gasteiger partial charge in [-0.1, -0.05) is 48.5 Å². The van der Waals surface area contributed by atoms with Gasteiger partial charge in [-0.25, -0.2) is 0 Å². The standard InChI is InChI=1S/C17H34O3/c1-9-12(15(19)20-8)10-13(17(5,6)7)14(18)11-16(2,3)4/h12-14,18H,9-11H2,1-8H3. The average Bonchev–Trinajstić information content (AvgIpc) is 2.25. The van der Waals surface area contributed by atoms with Gasteiger partial charge >= 0.3 is 5.97 Å². The van der Waals surface area contributed by atoms with Crippen molar-refractivity contribution < 1.29 is 14.6 Å². The molecule has 3 atom stereocenters. The predicted octanol–water partition coefficient (Wildman–Crippen LogP) is 4.04. The fraction of sp³-hybridized carbons (Fsp3) is 0.941. The van der Waals surface area contributed by atoms with E-state index in [9.17, 15) is 9.90 Å². The van der Waals surface area contributed by atoms with Crippen molar-refractivity contribution in [3.63, 3.8) is 0 Å². The maximum Gasteiger partial charge on any atom is 0.308 e. The summed E-state index contributed by atoms with van der Waals surface area (Å²) in [6.45, 7) is 14.8. The molecule has 0 saturated carbocycles. The number of carbonyl (C=O) groups is 1. The highest BCUT2D eigenvalue weighted by Crippen LogP contribution is 2.38. The molecule has 3 nitrogen and oxygen atoms in total. The molecule has 3 unspecified atom stereocenters. The van der Waals surface area contributed by atoms with Crippen LogP contribution in [0, 0.1) is 22.7 Å². The zero-order valence-corrected chi connectivity index (χ0v) is 14.6. The SMILES string of the molecule is CCC(CC(C(O)CC(C)(C)C)C(C)(C)C)C(=O)OC. The zero-order valence-electron chi connectivity index (χ0n) is 14.6. The molecule has 120 valence electrons. The number of esters is 1. The topological polar surface area (TPSA) is 46.5 Å². The van der Waals surface area contributed by atoms with Crippen LogP contribution in [-0.2, 0) is 9.53 Å². The van der Waals surface area contributed by atoms with Crippen molar-refractivity contribution in [3.8, 4) is 0 Å². The van der Waals surface area contributed by atoms with E-state index < -0.39 is 6.10 Å². The number of methoxy groups -OCH3 is 1. The van der Waals surface area contributed by atoms with Crippen molar-refractivity contribution >= 4 is 5.97 Å².